The monoisotopic (exact) mass is 215 g/mol. The van der Waals surface area contributed by atoms with Crippen molar-refractivity contribution in [1.82, 2.24) is 5.32 Å². The molecule has 0 amide bonds. The summed E-state index contributed by atoms with van der Waals surface area (Å²) in [6, 6.07) is 0.501. The van der Waals surface area contributed by atoms with Crippen LogP contribution in [0.1, 0.15) is 60.3 Å². The maximum absolute atomic E-state index is 9.29. The van der Waals surface area contributed by atoms with Crippen LogP contribution in [0.25, 0.3) is 0 Å². The predicted molar refractivity (Wildman–Crippen MR) is 67.1 cm³/mol. The molecular formula is C13H29NO. The van der Waals surface area contributed by atoms with Crippen molar-refractivity contribution >= 4 is 0 Å². The predicted octanol–water partition coefficient (Wildman–Crippen LogP) is 2.95. The van der Waals surface area contributed by atoms with Gasteiger partial charge < -0.3 is 10.4 Å². The van der Waals surface area contributed by atoms with Crippen molar-refractivity contribution in [3.63, 3.8) is 0 Å². The normalized spacial score (nSPS) is 17.8. The second-order valence-electron chi connectivity index (χ2n) is 5.44. The molecule has 0 aliphatic rings. The van der Waals surface area contributed by atoms with Crippen molar-refractivity contribution in [2.75, 3.05) is 6.61 Å². The first kappa shape index (κ1) is 14.9. The van der Waals surface area contributed by atoms with Crippen LogP contribution in [0.2, 0.25) is 0 Å². The minimum atomic E-state index is -0.1000. The number of nitrogens with one attached hydrogen (secondary N) is 1. The standard InChI is InChI=1S/C13H29NO/c1-6-13(5,10-15)14-12(4)9-7-8-11(2)3/h11-12,14-15H,6-10H2,1-5H3. The third-order valence-corrected chi connectivity index (χ3v) is 3.14. The van der Waals surface area contributed by atoms with Gasteiger partial charge in [0.2, 0.25) is 0 Å². The Morgan fingerprint density at radius 1 is 1.20 bits per heavy atom. The number of hydrogen-bond donors (Lipinski definition) is 2. The highest BCUT2D eigenvalue weighted by Gasteiger charge is 2.22. The summed E-state index contributed by atoms with van der Waals surface area (Å²) < 4.78 is 0. The van der Waals surface area contributed by atoms with Gasteiger partial charge in [0.05, 0.1) is 6.61 Å². The maximum atomic E-state index is 9.29. The summed E-state index contributed by atoms with van der Waals surface area (Å²) in [7, 11) is 0. The van der Waals surface area contributed by atoms with Gasteiger partial charge in [-0.2, -0.15) is 0 Å². The molecule has 0 aromatic heterocycles. The lowest BCUT2D eigenvalue weighted by molar-refractivity contribution is 0.156. The van der Waals surface area contributed by atoms with Crippen LogP contribution in [-0.2, 0) is 0 Å². The smallest absolute Gasteiger partial charge is 0.0610 e. The van der Waals surface area contributed by atoms with E-state index in [-0.39, 0.29) is 12.1 Å². The van der Waals surface area contributed by atoms with E-state index >= 15 is 0 Å². The maximum Gasteiger partial charge on any atom is 0.0610 e. The van der Waals surface area contributed by atoms with Crippen LogP contribution in [0.4, 0.5) is 0 Å². The van der Waals surface area contributed by atoms with Gasteiger partial charge in [-0.05, 0) is 32.6 Å². The lowest BCUT2D eigenvalue weighted by atomic mass is 9.97. The van der Waals surface area contributed by atoms with Crippen molar-refractivity contribution in [3.8, 4) is 0 Å². The molecule has 0 rings (SSSR count). The fourth-order valence-electron chi connectivity index (χ4n) is 1.76. The van der Waals surface area contributed by atoms with Crippen LogP contribution in [-0.4, -0.2) is 23.3 Å². The summed E-state index contributed by atoms with van der Waals surface area (Å²) in [5.41, 5.74) is -0.1000. The summed E-state index contributed by atoms with van der Waals surface area (Å²) in [4.78, 5) is 0. The van der Waals surface area contributed by atoms with Gasteiger partial charge in [0.1, 0.15) is 0 Å². The fraction of sp³-hybridized carbons (Fsp3) is 1.00. The van der Waals surface area contributed by atoms with Gasteiger partial charge in [-0.1, -0.05) is 33.6 Å². The number of aliphatic hydroxyl groups is 1. The molecule has 0 heterocycles. The van der Waals surface area contributed by atoms with E-state index in [0.29, 0.717) is 6.04 Å². The molecule has 2 N–H and O–H groups in total. The molecule has 15 heavy (non-hydrogen) atoms. The first-order valence-corrected chi connectivity index (χ1v) is 6.32. The third-order valence-electron chi connectivity index (χ3n) is 3.14. The van der Waals surface area contributed by atoms with Crippen molar-refractivity contribution in [3.05, 3.63) is 0 Å². The molecular weight excluding hydrogens is 186 g/mol. The molecule has 0 fully saturated rings. The van der Waals surface area contributed by atoms with Gasteiger partial charge >= 0.3 is 0 Å². The van der Waals surface area contributed by atoms with Gasteiger partial charge in [-0.3, -0.25) is 0 Å². The van der Waals surface area contributed by atoms with Crippen molar-refractivity contribution < 1.29 is 5.11 Å². The van der Waals surface area contributed by atoms with Gasteiger partial charge in [0, 0.05) is 11.6 Å². The molecule has 0 saturated heterocycles. The van der Waals surface area contributed by atoms with Gasteiger partial charge in [-0.15, -0.1) is 0 Å². The van der Waals surface area contributed by atoms with Crippen molar-refractivity contribution in [2.24, 2.45) is 5.92 Å². The largest absolute Gasteiger partial charge is 0.394 e. The molecule has 0 aromatic rings. The zero-order valence-corrected chi connectivity index (χ0v) is 11.1. The lowest BCUT2D eigenvalue weighted by Crippen LogP contribution is -2.49. The molecule has 0 bridgehead atoms. The van der Waals surface area contributed by atoms with E-state index in [0.717, 1.165) is 12.3 Å². The van der Waals surface area contributed by atoms with Crippen LogP contribution < -0.4 is 5.32 Å². The van der Waals surface area contributed by atoms with Crippen molar-refractivity contribution in [2.45, 2.75) is 71.9 Å². The molecule has 92 valence electrons. The Bertz CT molecular complexity index is 153. The summed E-state index contributed by atoms with van der Waals surface area (Å²) in [5.74, 6) is 0.799. The lowest BCUT2D eigenvalue weighted by Gasteiger charge is -2.31. The second-order valence-corrected chi connectivity index (χ2v) is 5.44. The summed E-state index contributed by atoms with van der Waals surface area (Å²) >= 11 is 0. The summed E-state index contributed by atoms with van der Waals surface area (Å²) in [5, 5.41) is 12.8. The minimum Gasteiger partial charge on any atom is -0.394 e. The highest BCUT2D eigenvalue weighted by Crippen LogP contribution is 2.13. The Morgan fingerprint density at radius 3 is 2.20 bits per heavy atom. The van der Waals surface area contributed by atoms with Gasteiger partial charge in [-0.25, -0.2) is 0 Å². The number of rotatable bonds is 8. The Hall–Kier alpha value is -0.0800. The highest BCUT2D eigenvalue weighted by molar-refractivity contribution is 4.83. The fourth-order valence-corrected chi connectivity index (χ4v) is 1.76. The first-order chi connectivity index (χ1) is 6.93. The Balaban J connectivity index is 3.76. The SMILES string of the molecule is CCC(C)(CO)NC(C)CCCC(C)C. The molecule has 0 aromatic carbocycles. The molecule has 0 aliphatic heterocycles. The van der Waals surface area contributed by atoms with Crippen molar-refractivity contribution in [1.29, 1.82) is 0 Å². The summed E-state index contributed by atoms with van der Waals surface area (Å²) in [6.45, 7) is 11.2. The zero-order valence-electron chi connectivity index (χ0n) is 11.1. The van der Waals surface area contributed by atoms with E-state index in [2.05, 4.69) is 39.9 Å². The van der Waals surface area contributed by atoms with Gasteiger partial charge in [0.25, 0.3) is 0 Å². The Kier molecular flexibility index (Phi) is 7.20. The van der Waals surface area contributed by atoms with E-state index in [1.807, 2.05) is 0 Å². The zero-order chi connectivity index (χ0) is 11.9. The van der Waals surface area contributed by atoms with Crippen LogP contribution >= 0.6 is 0 Å². The second kappa shape index (κ2) is 7.24. The quantitative estimate of drug-likeness (QED) is 0.652. The Morgan fingerprint density at radius 2 is 1.80 bits per heavy atom. The molecule has 0 aliphatic carbocycles. The molecule has 2 nitrogen and oxygen atoms in total. The topological polar surface area (TPSA) is 32.3 Å². The highest BCUT2D eigenvalue weighted by atomic mass is 16.3. The first-order valence-electron chi connectivity index (χ1n) is 6.32. The average Bonchev–Trinajstić information content (AvgIpc) is 2.17. The third kappa shape index (κ3) is 6.91. The van der Waals surface area contributed by atoms with E-state index in [9.17, 15) is 5.11 Å². The summed E-state index contributed by atoms with van der Waals surface area (Å²) in [6.07, 6.45) is 4.75. The molecule has 2 unspecified atom stereocenters. The molecule has 2 heteroatoms. The molecule has 2 atom stereocenters. The van der Waals surface area contributed by atoms with E-state index < -0.39 is 0 Å². The van der Waals surface area contributed by atoms with Gasteiger partial charge in [0.15, 0.2) is 0 Å². The van der Waals surface area contributed by atoms with E-state index in [1.165, 1.54) is 19.3 Å². The van der Waals surface area contributed by atoms with E-state index in [4.69, 9.17) is 0 Å². The van der Waals surface area contributed by atoms with Crippen LogP contribution in [0.5, 0.6) is 0 Å². The molecule has 0 saturated carbocycles. The molecule has 0 radical (unpaired) electrons. The number of aliphatic hydroxyl groups excluding tert-OH is 1. The van der Waals surface area contributed by atoms with Crippen LogP contribution in [0, 0.1) is 5.92 Å². The number of hydrogen-bond acceptors (Lipinski definition) is 2. The molecule has 0 spiro atoms. The van der Waals surface area contributed by atoms with E-state index in [1.54, 1.807) is 0 Å². The minimum absolute atomic E-state index is 0.1000. The average molecular weight is 215 g/mol. The van der Waals surface area contributed by atoms with Crippen LogP contribution in [0.3, 0.4) is 0 Å². The Labute approximate surface area is 95.5 Å². The van der Waals surface area contributed by atoms with Crippen LogP contribution in [0.15, 0.2) is 0 Å².